The summed E-state index contributed by atoms with van der Waals surface area (Å²) in [6.45, 7) is 14.4. The van der Waals surface area contributed by atoms with E-state index in [0.717, 1.165) is 11.1 Å². The zero-order valence-corrected chi connectivity index (χ0v) is 23.6. The molecule has 0 bridgehead atoms. The third-order valence-corrected chi connectivity index (χ3v) is 18.9. The molecular weight excluding hydrogens is 463 g/mol. The molecule has 0 aromatic carbocycles. The minimum atomic E-state index is -1.99. The summed E-state index contributed by atoms with van der Waals surface area (Å²) < 4.78 is 13.6. The van der Waals surface area contributed by atoms with Crippen molar-refractivity contribution >= 4 is 53.1 Å². The van der Waals surface area contributed by atoms with Crippen LogP contribution >= 0.6 is 27.9 Å². The van der Waals surface area contributed by atoms with E-state index in [0.29, 0.717) is 0 Å². The fourth-order valence-electron chi connectivity index (χ4n) is 4.70. The van der Waals surface area contributed by atoms with E-state index in [2.05, 4.69) is 39.3 Å². The Kier molecular flexibility index (Phi) is 10.9. The third kappa shape index (κ3) is 9.46. The molecule has 2 saturated carbocycles. The van der Waals surface area contributed by atoms with Crippen LogP contribution in [-0.4, -0.2) is 25.2 Å². The van der Waals surface area contributed by atoms with Gasteiger partial charge in [-0.2, -0.15) is 0 Å². The molecule has 0 aliphatic heterocycles. The van der Waals surface area contributed by atoms with Crippen LogP contribution in [0.25, 0.3) is 0 Å². The molecule has 9 heteroatoms. The zero-order valence-electron chi connectivity index (χ0n) is 16.8. The van der Waals surface area contributed by atoms with Gasteiger partial charge in [-0.25, -0.2) is 0 Å². The average Bonchev–Trinajstić information content (AvgIpc) is 3.10. The van der Waals surface area contributed by atoms with Crippen LogP contribution in [-0.2, 0) is 22.9 Å². The van der Waals surface area contributed by atoms with Crippen LogP contribution in [0.2, 0.25) is 50.4 Å². The fourth-order valence-corrected chi connectivity index (χ4v) is 20.3. The van der Waals surface area contributed by atoms with E-state index in [9.17, 15) is 0 Å². The molecule has 0 unspecified atom stereocenters. The Bertz CT molecular complexity index is 365. The molecule has 2 nitrogen and oxygen atoms in total. The second kappa shape index (κ2) is 10.8. The summed E-state index contributed by atoms with van der Waals surface area (Å²) in [4.78, 5) is 0. The Balaban J connectivity index is 0.000000705. The predicted octanol–water partition coefficient (Wildman–Crippen LogP) is 8.09. The SMILES string of the molecule is C[Si](C)(O[Si](C)(C)C1CCCC1)O[Si](C)(C)C1CCCC1.[Cl][Ti]([Cl])[Cl]. The van der Waals surface area contributed by atoms with Gasteiger partial charge in [-0.1, -0.05) is 51.4 Å². The third-order valence-electron chi connectivity index (χ3n) is 5.69. The van der Waals surface area contributed by atoms with Crippen molar-refractivity contribution in [3.05, 3.63) is 0 Å². The van der Waals surface area contributed by atoms with Crippen molar-refractivity contribution < 1.29 is 22.9 Å². The van der Waals surface area contributed by atoms with E-state index in [1.54, 1.807) is 0 Å². The first-order chi connectivity index (χ1) is 11.4. The molecule has 149 valence electrons. The summed E-state index contributed by atoms with van der Waals surface area (Å²) in [6.07, 6.45) is 11.2. The number of hydrogen-bond acceptors (Lipinski definition) is 2. The van der Waals surface area contributed by atoms with Crippen molar-refractivity contribution in [3.63, 3.8) is 0 Å². The summed E-state index contributed by atoms with van der Waals surface area (Å²) in [5.74, 6) is 0. The summed E-state index contributed by atoms with van der Waals surface area (Å²) in [5.41, 5.74) is 1.73. The molecule has 0 atom stereocenters. The van der Waals surface area contributed by atoms with Crippen LogP contribution in [0, 0.1) is 0 Å². The van der Waals surface area contributed by atoms with Gasteiger partial charge in [0.05, 0.1) is 0 Å². The topological polar surface area (TPSA) is 18.5 Å². The summed E-state index contributed by atoms with van der Waals surface area (Å²) in [6, 6.07) is 0. The van der Waals surface area contributed by atoms with Crippen molar-refractivity contribution in [3.8, 4) is 0 Å². The van der Waals surface area contributed by atoms with Gasteiger partial charge in [-0.3, -0.25) is 0 Å². The Labute approximate surface area is 176 Å². The molecule has 0 spiro atoms. The molecular formula is C16H36Cl3O2Si3Ti. The standard InChI is InChI=1S/C16H36O2Si3.3ClH.Ti/c1-19(2,15-11-7-8-12-15)17-21(5,6)18-20(3,4)16-13-9-10-14-16;;;;/h15-16H,7-14H2,1-6H3;3*1H;/q;;;;+3/p-3. The first-order valence-electron chi connectivity index (χ1n) is 9.59. The van der Waals surface area contributed by atoms with Crippen LogP contribution in [0.5, 0.6) is 0 Å². The molecule has 0 aromatic heterocycles. The van der Waals surface area contributed by atoms with Crippen LogP contribution in [0.3, 0.4) is 0 Å². The van der Waals surface area contributed by atoms with Gasteiger partial charge in [0.15, 0.2) is 16.6 Å². The summed E-state index contributed by atoms with van der Waals surface area (Å²) >= 11 is -1.92. The van der Waals surface area contributed by atoms with E-state index < -0.39 is 39.9 Å². The Morgan fingerprint density at radius 1 is 0.640 bits per heavy atom. The normalized spacial score (nSPS) is 20.5. The minimum absolute atomic E-state index is 0.865. The van der Waals surface area contributed by atoms with Gasteiger partial charge in [0, 0.05) is 0 Å². The van der Waals surface area contributed by atoms with Crippen molar-refractivity contribution in [1.82, 2.24) is 0 Å². The molecule has 2 fully saturated rings. The van der Waals surface area contributed by atoms with E-state index in [1.807, 2.05) is 0 Å². The van der Waals surface area contributed by atoms with E-state index in [-0.39, 0.29) is 0 Å². The quantitative estimate of drug-likeness (QED) is 0.344. The van der Waals surface area contributed by atoms with Gasteiger partial charge >= 0.3 is 51.2 Å². The number of hydrogen-bond donors (Lipinski definition) is 0. The van der Waals surface area contributed by atoms with E-state index in [1.165, 1.54) is 51.4 Å². The van der Waals surface area contributed by atoms with E-state index in [4.69, 9.17) is 36.1 Å². The molecule has 0 N–H and O–H groups in total. The number of rotatable bonds is 6. The fraction of sp³-hybridized carbons (Fsp3) is 1.00. The molecule has 2 aliphatic carbocycles. The molecule has 2 rings (SSSR count). The van der Waals surface area contributed by atoms with Gasteiger partial charge in [0.2, 0.25) is 0 Å². The van der Waals surface area contributed by atoms with Gasteiger partial charge in [-0.15, -0.1) is 0 Å². The van der Waals surface area contributed by atoms with Crippen LogP contribution in [0.4, 0.5) is 0 Å². The first-order valence-corrected chi connectivity index (χ1v) is 24.8. The molecule has 0 saturated heterocycles. The van der Waals surface area contributed by atoms with Crippen LogP contribution in [0.15, 0.2) is 0 Å². The van der Waals surface area contributed by atoms with Crippen molar-refractivity contribution in [2.45, 2.75) is 102 Å². The maximum atomic E-state index is 6.79. The zero-order chi connectivity index (χ0) is 19.3. The average molecular weight is 499 g/mol. The molecule has 2 aliphatic rings. The monoisotopic (exact) mass is 497 g/mol. The molecule has 0 heterocycles. The summed E-state index contributed by atoms with van der Waals surface area (Å²) in [5, 5.41) is 0. The van der Waals surface area contributed by atoms with Crippen LogP contribution in [0.1, 0.15) is 51.4 Å². The molecule has 0 radical (unpaired) electrons. The molecule has 0 aromatic rings. The molecule has 25 heavy (non-hydrogen) atoms. The Morgan fingerprint density at radius 2 is 0.880 bits per heavy atom. The van der Waals surface area contributed by atoms with Crippen LogP contribution < -0.4 is 0 Å². The first kappa shape index (κ1) is 25.2. The molecule has 0 amide bonds. The summed E-state index contributed by atoms with van der Waals surface area (Å²) in [7, 11) is 9.76. The van der Waals surface area contributed by atoms with Crippen molar-refractivity contribution in [1.29, 1.82) is 0 Å². The van der Waals surface area contributed by atoms with Crippen molar-refractivity contribution in [2.75, 3.05) is 0 Å². The Hall–Kier alpha value is 2.15. The predicted molar refractivity (Wildman–Crippen MR) is 117 cm³/mol. The van der Waals surface area contributed by atoms with E-state index >= 15 is 0 Å². The number of halogens is 3. The van der Waals surface area contributed by atoms with Gasteiger partial charge in [0.1, 0.15) is 0 Å². The van der Waals surface area contributed by atoms with Gasteiger partial charge in [0.25, 0.3) is 0 Å². The van der Waals surface area contributed by atoms with Crippen molar-refractivity contribution in [2.24, 2.45) is 0 Å². The maximum absolute atomic E-state index is 6.79. The van der Waals surface area contributed by atoms with Gasteiger partial charge in [-0.05, 0) is 50.4 Å². The second-order valence-electron chi connectivity index (χ2n) is 8.99. The second-order valence-corrected chi connectivity index (χ2v) is 29.2. The van der Waals surface area contributed by atoms with Gasteiger partial charge < -0.3 is 8.23 Å². The Morgan fingerprint density at radius 3 is 1.12 bits per heavy atom.